The summed E-state index contributed by atoms with van der Waals surface area (Å²) in [6, 6.07) is 7.97. The first-order chi connectivity index (χ1) is 7.74. The van der Waals surface area contributed by atoms with Crippen LogP contribution >= 0.6 is 11.6 Å². The van der Waals surface area contributed by atoms with E-state index in [1.54, 1.807) is 12.1 Å². The molecule has 3 heteroatoms. The van der Waals surface area contributed by atoms with Gasteiger partial charge < -0.3 is 10.4 Å². The third-order valence-corrected chi connectivity index (χ3v) is 3.62. The quantitative estimate of drug-likeness (QED) is 0.795. The predicted octanol–water partition coefficient (Wildman–Crippen LogP) is 3.03. The Labute approximate surface area is 102 Å². The summed E-state index contributed by atoms with van der Waals surface area (Å²) in [5, 5.41) is 13.1. The molecule has 0 amide bonds. The number of rotatable bonds is 3. The smallest absolute Gasteiger partial charge is 0.115 e. The molecular formula is C13H18ClNO. The van der Waals surface area contributed by atoms with Crippen LogP contribution in [0.1, 0.15) is 31.2 Å². The second-order valence-electron chi connectivity index (χ2n) is 4.50. The van der Waals surface area contributed by atoms with Gasteiger partial charge in [-0.2, -0.15) is 0 Å². The first kappa shape index (κ1) is 11.7. The highest BCUT2D eigenvalue weighted by molar-refractivity contribution is 6.20. The topological polar surface area (TPSA) is 32.3 Å². The molecular weight excluding hydrogens is 222 g/mol. The molecule has 88 valence electrons. The number of phenolic OH excluding ortho intramolecular Hbond substituents is 1. The third-order valence-electron chi connectivity index (χ3n) is 3.19. The van der Waals surface area contributed by atoms with E-state index >= 15 is 0 Å². The molecule has 1 saturated carbocycles. The Bertz CT molecular complexity index is 317. The maximum absolute atomic E-state index is 9.17. The van der Waals surface area contributed by atoms with Gasteiger partial charge in [0, 0.05) is 18.0 Å². The zero-order chi connectivity index (χ0) is 11.4. The summed E-state index contributed by atoms with van der Waals surface area (Å²) < 4.78 is 0. The second kappa shape index (κ2) is 5.55. The predicted molar refractivity (Wildman–Crippen MR) is 66.8 cm³/mol. The summed E-state index contributed by atoms with van der Waals surface area (Å²) in [6.45, 7) is 0.873. The van der Waals surface area contributed by atoms with Crippen LogP contribution in [0, 0.1) is 0 Å². The Kier molecular flexibility index (Phi) is 4.08. The first-order valence-electron chi connectivity index (χ1n) is 5.89. The van der Waals surface area contributed by atoms with Crippen molar-refractivity contribution in [3.63, 3.8) is 0 Å². The molecule has 1 fully saturated rings. The lowest BCUT2D eigenvalue weighted by molar-refractivity contribution is 0.376. The molecule has 0 saturated heterocycles. The van der Waals surface area contributed by atoms with Crippen LogP contribution in [-0.2, 0) is 6.54 Å². The minimum Gasteiger partial charge on any atom is -0.508 e. The summed E-state index contributed by atoms with van der Waals surface area (Å²) in [4.78, 5) is 0. The number of halogens is 1. The number of alkyl halides is 1. The molecule has 0 atom stereocenters. The van der Waals surface area contributed by atoms with Crippen molar-refractivity contribution in [3.05, 3.63) is 29.8 Å². The van der Waals surface area contributed by atoms with Crippen LogP contribution in [0.5, 0.6) is 5.75 Å². The van der Waals surface area contributed by atoms with Gasteiger partial charge in [-0.3, -0.25) is 0 Å². The average molecular weight is 240 g/mol. The van der Waals surface area contributed by atoms with Crippen LogP contribution in [0.2, 0.25) is 0 Å². The maximum atomic E-state index is 9.17. The molecule has 0 heterocycles. The van der Waals surface area contributed by atoms with Crippen molar-refractivity contribution in [2.45, 2.75) is 43.6 Å². The van der Waals surface area contributed by atoms with Crippen molar-refractivity contribution >= 4 is 11.6 Å². The van der Waals surface area contributed by atoms with Gasteiger partial charge in [0.1, 0.15) is 5.75 Å². The Balaban J connectivity index is 1.77. The van der Waals surface area contributed by atoms with Gasteiger partial charge in [0.25, 0.3) is 0 Å². The molecule has 0 aromatic heterocycles. The lowest BCUT2D eigenvalue weighted by atomic mass is 9.95. The number of hydrogen-bond donors (Lipinski definition) is 2. The van der Waals surface area contributed by atoms with E-state index < -0.39 is 0 Å². The van der Waals surface area contributed by atoms with E-state index in [9.17, 15) is 0 Å². The number of benzene rings is 1. The zero-order valence-corrected chi connectivity index (χ0v) is 10.1. The second-order valence-corrected chi connectivity index (χ2v) is 5.11. The molecule has 2 nitrogen and oxygen atoms in total. The highest BCUT2D eigenvalue weighted by atomic mass is 35.5. The Hall–Kier alpha value is -0.730. The van der Waals surface area contributed by atoms with Crippen molar-refractivity contribution in [1.82, 2.24) is 5.32 Å². The highest BCUT2D eigenvalue weighted by Crippen LogP contribution is 2.23. The fourth-order valence-corrected chi connectivity index (χ4v) is 2.38. The summed E-state index contributed by atoms with van der Waals surface area (Å²) in [5.74, 6) is 0.325. The summed E-state index contributed by atoms with van der Waals surface area (Å²) in [5.41, 5.74) is 1.21. The van der Waals surface area contributed by atoms with Gasteiger partial charge in [0.05, 0.1) is 0 Å². The lowest BCUT2D eigenvalue weighted by Gasteiger charge is -2.25. The van der Waals surface area contributed by atoms with Crippen molar-refractivity contribution in [1.29, 1.82) is 0 Å². The van der Waals surface area contributed by atoms with E-state index in [0.29, 0.717) is 17.2 Å². The molecule has 0 unspecified atom stereocenters. The van der Waals surface area contributed by atoms with Gasteiger partial charge in [0.2, 0.25) is 0 Å². The molecule has 2 N–H and O–H groups in total. The Morgan fingerprint density at radius 1 is 1.12 bits per heavy atom. The number of phenols is 1. The molecule has 1 aromatic carbocycles. The van der Waals surface area contributed by atoms with Crippen LogP contribution < -0.4 is 5.32 Å². The summed E-state index contributed by atoms with van der Waals surface area (Å²) >= 11 is 6.06. The molecule has 1 aliphatic rings. The van der Waals surface area contributed by atoms with Gasteiger partial charge in [0.15, 0.2) is 0 Å². The van der Waals surface area contributed by atoms with E-state index in [-0.39, 0.29) is 0 Å². The zero-order valence-electron chi connectivity index (χ0n) is 9.32. The Morgan fingerprint density at radius 2 is 1.75 bits per heavy atom. The van der Waals surface area contributed by atoms with Gasteiger partial charge >= 0.3 is 0 Å². The van der Waals surface area contributed by atoms with Gasteiger partial charge in [-0.05, 0) is 43.4 Å². The minimum absolute atomic E-state index is 0.325. The standard InChI is InChI=1S/C13H18ClNO/c14-11-3-5-12(6-4-11)15-9-10-1-7-13(16)8-2-10/h1-2,7-8,11-12,15-16H,3-6,9H2. The van der Waals surface area contributed by atoms with Crippen molar-refractivity contribution < 1.29 is 5.11 Å². The van der Waals surface area contributed by atoms with E-state index in [1.165, 1.54) is 18.4 Å². The minimum atomic E-state index is 0.325. The summed E-state index contributed by atoms with van der Waals surface area (Å²) in [7, 11) is 0. The first-order valence-corrected chi connectivity index (χ1v) is 6.33. The van der Waals surface area contributed by atoms with Crippen LogP contribution in [0.15, 0.2) is 24.3 Å². The fraction of sp³-hybridized carbons (Fsp3) is 0.538. The molecule has 2 rings (SSSR count). The molecule has 0 aliphatic heterocycles. The number of hydrogen-bond acceptors (Lipinski definition) is 2. The highest BCUT2D eigenvalue weighted by Gasteiger charge is 2.18. The SMILES string of the molecule is Oc1ccc(CNC2CCC(Cl)CC2)cc1. The van der Waals surface area contributed by atoms with Crippen LogP contribution in [0.3, 0.4) is 0 Å². The van der Waals surface area contributed by atoms with E-state index in [2.05, 4.69) is 5.32 Å². The fourth-order valence-electron chi connectivity index (χ4n) is 2.13. The third kappa shape index (κ3) is 3.39. The van der Waals surface area contributed by atoms with Crippen LogP contribution in [0.25, 0.3) is 0 Å². The molecule has 1 aliphatic carbocycles. The van der Waals surface area contributed by atoms with Gasteiger partial charge in [-0.1, -0.05) is 12.1 Å². The normalized spacial score (nSPS) is 25.6. The molecule has 0 bridgehead atoms. The maximum Gasteiger partial charge on any atom is 0.115 e. The summed E-state index contributed by atoms with van der Waals surface area (Å²) in [6.07, 6.45) is 4.59. The van der Waals surface area contributed by atoms with Crippen molar-refractivity contribution in [2.75, 3.05) is 0 Å². The lowest BCUT2D eigenvalue weighted by Crippen LogP contribution is -2.32. The van der Waals surface area contributed by atoms with Gasteiger partial charge in [-0.25, -0.2) is 0 Å². The van der Waals surface area contributed by atoms with E-state index in [4.69, 9.17) is 16.7 Å². The molecule has 0 radical (unpaired) electrons. The number of aromatic hydroxyl groups is 1. The monoisotopic (exact) mass is 239 g/mol. The van der Waals surface area contributed by atoms with Crippen LogP contribution in [0.4, 0.5) is 0 Å². The largest absolute Gasteiger partial charge is 0.508 e. The van der Waals surface area contributed by atoms with Crippen molar-refractivity contribution in [3.8, 4) is 5.75 Å². The Morgan fingerprint density at radius 3 is 2.38 bits per heavy atom. The van der Waals surface area contributed by atoms with E-state index in [0.717, 1.165) is 19.4 Å². The number of nitrogens with one attached hydrogen (secondary N) is 1. The van der Waals surface area contributed by atoms with E-state index in [1.807, 2.05) is 12.1 Å². The average Bonchev–Trinajstić information content (AvgIpc) is 2.30. The molecule has 0 spiro atoms. The molecule has 1 aromatic rings. The van der Waals surface area contributed by atoms with Gasteiger partial charge in [-0.15, -0.1) is 11.6 Å². The van der Waals surface area contributed by atoms with Crippen LogP contribution in [-0.4, -0.2) is 16.5 Å². The molecule has 16 heavy (non-hydrogen) atoms. The van der Waals surface area contributed by atoms with Crippen molar-refractivity contribution in [2.24, 2.45) is 0 Å².